The minimum atomic E-state index is 0. The predicted molar refractivity (Wildman–Crippen MR) is 10.5 cm³/mol. The van der Waals surface area contributed by atoms with Crippen molar-refractivity contribution in [2.24, 2.45) is 0 Å². The molecule has 0 aliphatic heterocycles. The van der Waals surface area contributed by atoms with Crippen molar-refractivity contribution in [2.75, 3.05) is 6.61 Å². The SMILES string of the molecule is CC[O-].[Cu+]. The van der Waals surface area contributed by atoms with Crippen LogP contribution >= 0.6 is 0 Å². The molecule has 0 saturated carbocycles. The molecule has 30 valence electrons. The van der Waals surface area contributed by atoms with E-state index in [0.29, 0.717) is 0 Å². The van der Waals surface area contributed by atoms with Crippen LogP contribution in [0.3, 0.4) is 0 Å². The minimum absolute atomic E-state index is 0. The standard InChI is InChI=1S/C2H5O.Cu/c1-2-3;/h2H2,1H3;/q-1;+1. The Morgan fingerprint density at radius 3 is 1.75 bits per heavy atom. The van der Waals surface area contributed by atoms with Crippen LogP contribution in [0.25, 0.3) is 0 Å². The van der Waals surface area contributed by atoms with Gasteiger partial charge in [-0.25, -0.2) is 0 Å². The summed E-state index contributed by atoms with van der Waals surface area (Å²) in [4.78, 5) is 0. The second-order valence-corrected chi connectivity index (χ2v) is 0.289. The number of hydrogen-bond acceptors (Lipinski definition) is 1. The van der Waals surface area contributed by atoms with Crippen molar-refractivity contribution in [3.8, 4) is 0 Å². The van der Waals surface area contributed by atoms with Crippen LogP contribution in [-0.4, -0.2) is 6.61 Å². The fraction of sp³-hybridized carbons (Fsp3) is 1.00. The molecule has 0 saturated heterocycles. The Hall–Kier alpha value is 0.479. The molecule has 0 radical (unpaired) electrons. The van der Waals surface area contributed by atoms with Gasteiger partial charge < -0.3 is 5.11 Å². The number of hydrogen-bond donors (Lipinski definition) is 0. The van der Waals surface area contributed by atoms with Crippen LogP contribution in [0.1, 0.15) is 6.92 Å². The molecule has 0 aromatic carbocycles. The van der Waals surface area contributed by atoms with Gasteiger partial charge in [0, 0.05) is 0 Å². The average molecular weight is 109 g/mol. The van der Waals surface area contributed by atoms with Gasteiger partial charge in [-0.1, -0.05) is 6.92 Å². The quantitative estimate of drug-likeness (QED) is 0.379. The average Bonchev–Trinajstić information content (AvgIpc) is 0.918. The summed E-state index contributed by atoms with van der Waals surface area (Å²) in [6, 6.07) is 0. The van der Waals surface area contributed by atoms with Crippen LogP contribution in [0.4, 0.5) is 0 Å². The summed E-state index contributed by atoms with van der Waals surface area (Å²) in [5.41, 5.74) is 0. The van der Waals surface area contributed by atoms with E-state index in [0.717, 1.165) is 0 Å². The van der Waals surface area contributed by atoms with Crippen LogP contribution in [-0.2, 0) is 17.1 Å². The van der Waals surface area contributed by atoms with Gasteiger partial charge in [-0.05, 0) is 0 Å². The van der Waals surface area contributed by atoms with E-state index in [1.54, 1.807) is 6.92 Å². The molecule has 0 heterocycles. The second-order valence-electron chi connectivity index (χ2n) is 0.289. The van der Waals surface area contributed by atoms with Crippen LogP contribution in [0.2, 0.25) is 0 Å². The van der Waals surface area contributed by atoms with Gasteiger partial charge in [0.15, 0.2) is 0 Å². The predicted octanol–water partition coefficient (Wildman–Crippen LogP) is -0.636. The summed E-state index contributed by atoms with van der Waals surface area (Å²) in [6.45, 7) is 1.57. The monoisotopic (exact) mass is 108 g/mol. The van der Waals surface area contributed by atoms with Gasteiger partial charge in [-0.2, -0.15) is 0 Å². The molecule has 0 aromatic heterocycles. The Morgan fingerprint density at radius 1 is 1.75 bits per heavy atom. The Kier molecular flexibility index (Phi) is 21.6. The number of rotatable bonds is 0. The van der Waals surface area contributed by atoms with Crippen molar-refractivity contribution in [2.45, 2.75) is 6.92 Å². The Balaban J connectivity index is 0. The van der Waals surface area contributed by atoms with Crippen molar-refractivity contribution < 1.29 is 22.2 Å². The van der Waals surface area contributed by atoms with Crippen LogP contribution in [0.5, 0.6) is 0 Å². The maximum Gasteiger partial charge on any atom is 1.00 e. The Morgan fingerprint density at radius 2 is 1.75 bits per heavy atom. The molecule has 0 aliphatic rings. The van der Waals surface area contributed by atoms with Gasteiger partial charge in [0.05, 0.1) is 0 Å². The Bertz CT molecular complexity index is 6.00. The van der Waals surface area contributed by atoms with Crippen molar-refractivity contribution in [3.63, 3.8) is 0 Å². The smallest absolute Gasteiger partial charge is 0.855 e. The fourth-order valence-electron chi connectivity index (χ4n) is 0. The van der Waals surface area contributed by atoms with E-state index in [-0.39, 0.29) is 23.7 Å². The van der Waals surface area contributed by atoms with E-state index in [2.05, 4.69) is 0 Å². The fourth-order valence-corrected chi connectivity index (χ4v) is 0. The molecule has 1 nitrogen and oxygen atoms in total. The molecule has 0 spiro atoms. The summed E-state index contributed by atoms with van der Waals surface area (Å²) in [6.07, 6.45) is 0. The summed E-state index contributed by atoms with van der Waals surface area (Å²) in [5.74, 6) is 0. The van der Waals surface area contributed by atoms with Gasteiger partial charge in [-0.15, -0.1) is 6.61 Å². The third-order valence-electron chi connectivity index (χ3n) is 0. The molecule has 2 heteroatoms. The molecule has 0 aromatic rings. The van der Waals surface area contributed by atoms with Crippen molar-refractivity contribution in [1.29, 1.82) is 0 Å². The van der Waals surface area contributed by atoms with Gasteiger partial charge in [0.1, 0.15) is 0 Å². The largest absolute Gasteiger partial charge is 1.00 e. The molecular weight excluding hydrogens is 104 g/mol. The topological polar surface area (TPSA) is 23.1 Å². The first-order valence-electron chi connectivity index (χ1n) is 0.996. The first-order chi connectivity index (χ1) is 1.41. The van der Waals surface area contributed by atoms with E-state index >= 15 is 0 Å². The second kappa shape index (κ2) is 9.77. The first kappa shape index (κ1) is 8.82. The zero-order chi connectivity index (χ0) is 2.71. The maximum atomic E-state index is 8.93. The van der Waals surface area contributed by atoms with E-state index in [1.165, 1.54) is 0 Å². The first-order valence-corrected chi connectivity index (χ1v) is 0.996. The van der Waals surface area contributed by atoms with Gasteiger partial charge in [-0.3, -0.25) is 0 Å². The van der Waals surface area contributed by atoms with E-state index < -0.39 is 0 Å². The molecule has 0 unspecified atom stereocenters. The molecule has 0 rings (SSSR count). The molecule has 0 amide bonds. The van der Waals surface area contributed by atoms with Gasteiger partial charge >= 0.3 is 17.1 Å². The summed E-state index contributed by atoms with van der Waals surface area (Å²) in [5, 5.41) is 8.93. The van der Waals surface area contributed by atoms with Gasteiger partial charge in [0.2, 0.25) is 0 Å². The van der Waals surface area contributed by atoms with Crippen LogP contribution in [0.15, 0.2) is 0 Å². The summed E-state index contributed by atoms with van der Waals surface area (Å²) in [7, 11) is 0. The molecule has 0 bridgehead atoms. The maximum absolute atomic E-state index is 8.93. The van der Waals surface area contributed by atoms with Gasteiger partial charge in [0.25, 0.3) is 0 Å². The van der Waals surface area contributed by atoms with Crippen LogP contribution < -0.4 is 5.11 Å². The van der Waals surface area contributed by atoms with Crippen molar-refractivity contribution >= 4 is 0 Å². The molecular formula is C2H5CuO. The zero-order valence-corrected chi connectivity index (χ0v) is 3.36. The molecule has 4 heavy (non-hydrogen) atoms. The normalized spacial score (nSPS) is 4.50. The molecule has 0 atom stereocenters. The summed E-state index contributed by atoms with van der Waals surface area (Å²) < 4.78 is 0. The molecule has 0 N–H and O–H groups in total. The molecule has 0 aliphatic carbocycles. The van der Waals surface area contributed by atoms with Crippen molar-refractivity contribution in [3.05, 3.63) is 0 Å². The molecule has 0 fully saturated rings. The zero-order valence-electron chi connectivity index (χ0n) is 2.42. The summed E-state index contributed by atoms with van der Waals surface area (Å²) >= 11 is 0. The van der Waals surface area contributed by atoms with Crippen molar-refractivity contribution in [1.82, 2.24) is 0 Å². The third kappa shape index (κ3) is 23.6. The minimum Gasteiger partial charge on any atom is -0.855 e. The third-order valence-corrected chi connectivity index (χ3v) is 0. The van der Waals surface area contributed by atoms with E-state index in [1.807, 2.05) is 0 Å². The van der Waals surface area contributed by atoms with E-state index in [9.17, 15) is 0 Å². The Labute approximate surface area is 36.5 Å². The van der Waals surface area contributed by atoms with E-state index in [4.69, 9.17) is 5.11 Å². The van der Waals surface area contributed by atoms with Crippen LogP contribution in [0, 0.1) is 0 Å².